The number of carbonyl (C=O) groups excluding carboxylic acids is 1. The summed E-state index contributed by atoms with van der Waals surface area (Å²) >= 11 is 0. The van der Waals surface area contributed by atoms with Crippen LogP contribution in [-0.4, -0.2) is 12.6 Å². The molecule has 2 atom stereocenters. The van der Waals surface area contributed by atoms with Crippen molar-refractivity contribution < 1.29 is 9.53 Å². The third-order valence-electron chi connectivity index (χ3n) is 5.89. The molecule has 28 heavy (non-hydrogen) atoms. The molecule has 2 unspecified atom stereocenters. The van der Waals surface area contributed by atoms with Crippen molar-refractivity contribution in [2.75, 3.05) is 6.61 Å². The van der Waals surface area contributed by atoms with Crippen LogP contribution in [0.5, 0.6) is 0 Å². The molecule has 160 valence electrons. The lowest BCUT2D eigenvalue weighted by Crippen LogP contribution is -2.22. The Morgan fingerprint density at radius 3 is 2.61 bits per heavy atom. The third kappa shape index (κ3) is 10.9. The molecule has 2 nitrogen and oxygen atoms in total. The van der Waals surface area contributed by atoms with Gasteiger partial charge in [0, 0.05) is 0 Å². The maximum Gasteiger partial charge on any atom is 0.309 e. The Labute approximate surface area is 174 Å². The van der Waals surface area contributed by atoms with Crippen molar-refractivity contribution >= 4 is 5.97 Å². The maximum atomic E-state index is 12.4. The van der Waals surface area contributed by atoms with Gasteiger partial charge in [0.25, 0.3) is 0 Å². The highest BCUT2D eigenvalue weighted by atomic mass is 16.5. The SMILES string of the molecule is CCCCC(CC)COC(=O)C1CC=C(CCC=C(C)CCC=C(C)C)CC1. The summed E-state index contributed by atoms with van der Waals surface area (Å²) in [6, 6.07) is 0. The fourth-order valence-electron chi connectivity index (χ4n) is 3.74. The molecule has 0 amide bonds. The Balaban J connectivity index is 2.29. The Morgan fingerprint density at radius 1 is 1.21 bits per heavy atom. The van der Waals surface area contributed by atoms with Crippen molar-refractivity contribution in [2.24, 2.45) is 11.8 Å². The number of hydrogen-bond donors (Lipinski definition) is 0. The van der Waals surface area contributed by atoms with Gasteiger partial charge in [0.15, 0.2) is 0 Å². The quantitative estimate of drug-likeness (QED) is 0.236. The topological polar surface area (TPSA) is 26.3 Å². The van der Waals surface area contributed by atoms with Crippen LogP contribution in [0.15, 0.2) is 34.9 Å². The summed E-state index contributed by atoms with van der Waals surface area (Å²) in [6.07, 6.45) is 19.2. The number of ether oxygens (including phenoxy) is 1. The van der Waals surface area contributed by atoms with E-state index in [1.54, 1.807) is 0 Å². The van der Waals surface area contributed by atoms with Gasteiger partial charge in [-0.2, -0.15) is 0 Å². The van der Waals surface area contributed by atoms with Gasteiger partial charge in [-0.1, -0.05) is 68.1 Å². The van der Waals surface area contributed by atoms with E-state index in [0.717, 1.165) is 51.4 Å². The Morgan fingerprint density at radius 2 is 2.00 bits per heavy atom. The summed E-state index contributed by atoms with van der Waals surface area (Å²) in [6.45, 7) is 11.6. The number of hydrogen-bond acceptors (Lipinski definition) is 2. The van der Waals surface area contributed by atoms with Gasteiger partial charge < -0.3 is 4.74 Å². The van der Waals surface area contributed by atoms with Crippen LogP contribution >= 0.6 is 0 Å². The minimum atomic E-state index is 0.0280. The zero-order valence-electron chi connectivity index (χ0n) is 19.2. The van der Waals surface area contributed by atoms with E-state index in [2.05, 4.69) is 52.8 Å². The van der Waals surface area contributed by atoms with Crippen molar-refractivity contribution in [1.29, 1.82) is 0 Å². The van der Waals surface area contributed by atoms with Crippen molar-refractivity contribution in [3.63, 3.8) is 0 Å². The number of unbranched alkanes of at least 4 members (excludes halogenated alkanes) is 1. The zero-order chi connectivity index (χ0) is 20.8. The van der Waals surface area contributed by atoms with Crippen LogP contribution in [0.3, 0.4) is 0 Å². The van der Waals surface area contributed by atoms with E-state index < -0.39 is 0 Å². The second kappa shape index (κ2) is 14.7. The van der Waals surface area contributed by atoms with Crippen molar-refractivity contribution in [2.45, 2.75) is 105 Å². The van der Waals surface area contributed by atoms with Crippen LogP contribution in [0.25, 0.3) is 0 Å². The lowest BCUT2D eigenvalue weighted by molar-refractivity contribution is -0.150. The van der Waals surface area contributed by atoms with Crippen LogP contribution in [0.2, 0.25) is 0 Å². The van der Waals surface area contributed by atoms with Gasteiger partial charge >= 0.3 is 5.97 Å². The normalized spacial score (nSPS) is 18.4. The van der Waals surface area contributed by atoms with Gasteiger partial charge in [-0.05, 0) is 78.1 Å². The first kappa shape index (κ1) is 24.7. The molecule has 0 saturated heterocycles. The summed E-state index contributed by atoms with van der Waals surface area (Å²) in [5.41, 5.74) is 4.41. The van der Waals surface area contributed by atoms with Crippen molar-refractivity contribution in [3.8, 4) is 0 Å². The molecule has 0 heterocycles. The molecule has 1 rings (SSSR count). The molecule has 0 aliphatic heterocycles. The number of rotatable bonds is 13. The van der Waals surface area contributed by atoms with E-state index in [1.165, 1.54) is 36.0 Å². The molecular weight excluding hydrogens is 344 g/mol. The van der Waals surface area contributed by atoms with Crippen LogP contribution in [0.4, 0.5) is 0 Å². The molecule has 1 aliphatic carbocycles. The smallest absolute Gasteiger partial charge is 0.309 e. The zero-order valence-corrected chi connectivity index (χ0v) is 19.2. The molecule has 0 spiro atoms. The largest absolute Gasteiger partial charge is 0.465 e. The minimum Gasteiger partial charge on any atom is -0.465 e. The molecule has 0 bridgehead atoms. The van der Waals surface area contributed by atoms with E-state index in [1.807, 2.05) is 0 Å². The fraction of sp³-hybridized carbons (Fsp3) is 0.731. The Kier molecular flexibility index (Phi) is 12.9. The molecule has 0 aromatic heterocycles. The fourth-order valence-corrected chi connectivity index (χ4v) is 3.74. The molecule has 0 radical (unpaired) electrons. The molecule has 0 aromatic rings. The van der Waals surface area contributed by atoms with Crippen LogP contribution in [-0.2, 0) is 9.53 Å². The number of carbonyl (C=O) groups is 1. The monoisotopic (exact) mass is 388 g/mol. The highest BCUT2D eigenvalue weighted by Crippen LogP contribution is 2.28. The summed E-state index contributed by atoms with van der Waals surface area (Å²) < 4.78 is 5.65. The Bertz CT molecular complexity index is 535. The molecular formula is C26H44O2. The number of esters is 1. The average Bonchev–Trinajstić information content (AvgIpc) is 2.68. The molecule has 0 fully saturated rings. The second-order valence-corrected chi connectivity index (χ2v) is 8.79. The van der Waals surface area contributed by atoms with E-state index in [4.69, 9.17) is 4.74 Å². The minimum absolute atomic E-state index is 0.0280. The van der Waals surface area contributed by atoms with Crippen LogP contribution in [0, 0.1) is 11.8 Å². The van der Waals surface area contributed by atoms with E-state index in [9.17, 15) is 4.79 Å². The van der Waals surface area contributed by atoms with Crippen LogP contribution in [0.1, 0.15) is 105 Å². The van der Waals surface area contributed by atoms with Gasteiger partial charge in [0.05, 0.1) is 12.5 Å². The van der Waals surface area contributed by atoms with Crippen LogP contribution < -0.4 is 0 Å². The van der Waals surface area contributed by atoms with E-state index in [-0.39, 0.29) is 11.9 Å². The van der Waals surface area contributed by atoms with E-state index >= 15 is 0 Å². The summed E-state index contributed by atoms with van der Waals surface area (Å²) in [5, 5.41) is 0. The summed E-state index contributed by atoms with van der Waals surface area (Å²) in [7, 11) is 0. The maximum absolute atomic E-state index is 12.4. The molecule has 0 N–H and O–H groups in total. The summed E-state index contributed by atoms with van der Waals surface area (Å²) in [5.74, 6) is 0.638. The first-order valence-corrected chi connectivity index (χ1v) is 11.6. The average molecular weight is 389 g/mol. The van der Waals surface area contributed by atoms with Crippen molar-refractivity contribution in [1.82, 2.24) is 0 Å². The highest BCUT2D eigenvalue weighted by Gasteiger charge is 2.23. The molecule has 0 aromatic carbocycles. The van der Waals surface area contributed by atoms with E-state index in [0.29, 0.717) is 12.5 Å². The third-order valence-corrected chi connectivity index (χ3v) is 5.89. The first-order valence-electron chi connectivity index (χ1n) is 11.6. The van der Waals surface area contributed by atoms with Gasteiger partial charge in [0.2, 0.25) is 0 Å². The standard InChI is InChI=1S/C26H44O2/c1-6-8-14-23(7-2)20-28-26(27)25-18-16-24(17-19-25)15-10-13-22(5)12-9-11-21(3)4/h11,13,16,23,25H,6-10,12,14-15,17-20H2,1-5H3. The first-order chi connectivity index (χ1) is 13.5. The predicted molar refractivity (Wildman–Crippen MR) is 121 cm³/mol. The summed E-state index contributed by atoms with van der Waals surface area (Å²) in [4.78, 5) is 12.4. The lowest BCUT2D eigenvalue weighted by atomic mass is 9.87. The predicted octanol–water partition coefficient (Wildman–Crippen LogP) is 7.95. The van der Waals surface area contributed by atoms with Gasteiger partial charge in [0.1, 0.15) is 0 Å². The lowest BCUT2D eigenvalue weighted by Gasteiger charge is -2.22. The van der Waals surface area contributed by atoms with Gasteiger partial charge in [-0.3, -0.25) is 4.79 Å². The second-order valence-electron chi connectivity index (χ2n) is 8.79. The van der Waals surface area contributed by atoms with Crippen molar-refractivity contribution in [3.05, 3.63) is 34.9 Å². The highest BCUT2D eigenvalue weighted by molar-refractivity contribution is 5.72. The molecule has 1 aliphatic rings. The van der Waals surface area contributed by atoms with Gasteiger partial charge in [-0.25, -0.2) is 0 Å². The number of allylic oxidation sites excluding steroid dienone is 6. The van der Waals surface area contributed by atoms with Gasteiger partial charge in [-0.15, -0.1) is 0 Å². The molecule has 2 heteroatoms. The Hall–Kier alpha value is -1.31. The molecule has 0 saturated carbocycles.